The maximum Gasteiger partial charge on any atom is 0.341 e. The van der Waals surface area contributed by atoms with Crippen molar-refractivity contribution in [3.8, 4) is 10.4 Å². The van der Waals surface area contributed by atoms with Gasteiger partial charge in [-0.25, -0.2) is 4.79 Å². The Morgan fingerprint density at radius 3 is 2.78 bits per heavy atom. The Labute approximate surface area is 160 Å². The summed E-state index contributed by atoms with van der Waals surface area (Å²) in [7, 11) is 0. The first-order chi connectivity index (χ1) is 13.0. The van der Waals surface area contributed by atoms with Crippen molar-refractivity contribution in [2.45, 2.75) is 45.2 Å². The van der Waals surface area contributed by atoms with Gasteiger partial charge in [0.2, 0.25) is 0 Å². The first-order valence-electron chi connectivity index (χ1n) is 9.24. The van der Waals surface area contributed by atoms with Crippen molar-refractivity contribution in [2.75, 3.05) is 0 Å². The van der Waals surface area contributed by atoms with Crippen LogP contribution in [0.25, 0.3) is 16.0 Å². The van der Waals surface area contributed by atoms with Crippen molar-refractivity contribution in [2.24, 2.45) is 0 Å². The van der Waals surface area contributed by atoms with Crippen LogP contribution in [0, 0.1) is 6.92 Å². The molecule has 1 fully saturated rings. The molecule has 2 aliphatic rings. The van der Waals surface area contributed by atoms with Crippen LogP contribution in [0.4, 0.5) is 0 Å². The Balaban J connectivity index is 1.77. The lowest BCUT2D eigenvalue weighted by Crippen LogP contribution is -2.23. The van der Waals surface area contributed by atoms with E-state index in [0.717, 1.165) is 41.6 Å². The molecule has 1 atom stereocenters. The van der Waals surface area contributed by atoms with E-state index >= 15 is 0 Å². The van der Waals surface area contributed by atoms with Gasteiger partial charge >= 0.3 is 5.97 Å². The highest BCUT2D eigenvalue weighted by molar-refractivity contribution is 7.15. The highest BCUT2D eigenvalue weighted by Gasteiger charge is 2.30. The van der Waals surface area contributed by atoms with E-state index in [1.807, 2.05) is 13.0 Å². The number of carboxylic acids is 1. The monoisotopic (exact) mass is 380 g/mol. The van der Waals surface area contributed by atoms with Crippen LogP contribution in [-0.2, 0) is 6.54 Å². The number of pyridine rings is 2. The van der Waals surface area contributed by atoms with E-state index in [2.05, 4.69) is 18.3 Å². The molecule has 1 unspecified atom stereocenters. The molecule has 0 amide bonds. The molecule has 27 heavy (non-hydrogen) atoms. The van der Waals surface area contributed by atoms with Gasteiger partial charge in [0.05, 0.1) is 5.52 Å². The number of fused-ring (bicyclic) bond motifs is 2. The molecule has 5 rings (SSSR count). The summed E-state index contributed by atoms with van der Waals surface area (Å²) in [6.07, 6.45) is 3.84. The third kappa shape index (κ3) is 2.47. The second-order valence-electron chi connectivity index (χ2n) is 7.57. The van der Waals surface area contributed by atoms with Crippen LogP contribution >= 0.6 is 11.3 Å². The van der Waals surface area contributed by atoms with Crippen molar-refractivity contribution in [1.82, 2.24) is 9.72 Å². The highest BCUT2D eigenvalue weighted by atomic mass is 32.1. The van der Waals surface area contributed by atoms with E-state index in [-0.39, 0.29) is 5.56 Å². The molecular formula is C21H20N2O3S. The minimum absolute atomic E-state index is 0.142. The van der Waals surface area contributed by atoms with E-state index in [4.69, 9.17) is 0 Å². The molecule has 0 spiro atoms. The summed E-state index contributed by atoms with van der Waals surface area (Å²) in [5, 5.41) is 12.9. The number of carbonyl (C=O) groups is 1. The molecular weight excluding hydrogens is 360 g/mol. The predicted octanol–water partition coefficient (Wildman–Crippen LogP) is 4.08. The van der Waals surface area contributed by atoms with E-state index in [1.165, 1.54) is 19.7 Å². The summed E-state index contributed by atoms with van der Waals surface area (Å²) in [5.74, 6) is -0.806. The van der Waals surface area contributed by atoms with Gasteiger partial charge in [0.15, 0.2) is 0 Å². The second kappa shape index (κ2) is 5.78. The standard InChI is InChI=1S/C21H20N2O3S/c1-10-14(17-7-13-9-22-11(2)19(13)27-17)5-6-23-18(10)15(12-3-4-12)8-16(20(23)24)21(25)26/h5-8,11-12,22H,3-4,9H2,1-2H3,(H,25,26). The molecule has 3 aromatic rings. The topological polar surface area (TPSA) is 70.8 Å². The highest BCUT2D eigenvalue weighted by Crippen LogP contribution is 2.45. The molecule has 6 heteroatoms. The Hall–Kier alpha value is -2.44. The van der Waals surface area contributed by atoms with Crippen molar-refractivity contribution in [3.63, 3.8) is 0 Å². The fourth-order valence-corrected chi connectivity index (χ4v) is 5.45. The van der Waals surface area contributed by atoms with Crippen LogP contribution in [0.3, 0.4) is 0 Å². The quantitative estimate of drug-likeness (QED) is 0.718. The number of rotatable bonds is 3. The van der Waals surface area contributed by atoms with Gasteiger partial charge in [0.1, 0.15) is 5.56 Å². The van der Waals surface area contributed by atoms with E-state index in [0.29, 0.717) is 12.0 Å². The Kier molecular flexibility index (Phi) is 3.58. The van der Waals surface area contributed by atoms with Gasteiger partial charge in [-0.05, 0) is 73.1 Å². The van der Waals surface area contributed by atoms with Crippen molar-refractivity contribution >= 4 is 22.8 Å². The zero-order chi connectivity index (χ0) is 18.9. The third-order valence-corrected chi connectivity index (χ3v) is 7.15. The first kappa shape index (κ1) is 16.7. The largest absolute Gasteiger partial charge is 0.477 e. The van der Waals surface area contributed by atoms with Crippen LogP contribution < -0.4 is 10.9 Å². The normalized spacial score (nSPS) is 18.8. The lowest BCUT2D eigenvalue weighted by Gasteiger charge is -2.14. The maximum absolute atomic E-state index is 12.7. The fraction of sp³-hybridized carbons (Fsp3) is 0.333. The Morgan fingerprint density at radius 1 is 1.33 bits per heavy atom. The summed E-state index contributed by atoms with van der Waals surface area (Å²) in [6.45, 7) is 5.12. The summed E-state index contributed by atoms with van der Waals surface area (Å²) < 4.78 is 1.53. The molecule has 2 N–H and O–H groups in total. The molecule has 0 radical (unpaired) electrons. The second-order valence-corrected chi connectivity index (χ2v) is 8.66. The number of hydrogen-bond acceptors (Lipinski definition) is 4. The van der Waals surface area contributed by atoms with Gasteiger partial charge in [-0.15, -0.1) is 11.3 Å². The van der Waals surface area contributed by atoms with Crippen LogP contribution in [0.1, 0.15) is 63.7 Å². The fourth-order valence-electron chi connectivity index (χ4n) is 4.16. The number of nitrogens with one attached hydrogen (secondary N) is 1. The van der Waals surface area contributed by atoms with Crippen molar-refractivity contribution in [3.05, 3.63) is 61.9 Å². The van der Waals surface area contributed by atoms with Crippen LogP contribution in [0.5, 0.6) is 0 Å². The summed E-state index contributed by atoms with van der Waals surface area (Å²) in [6, 6.07) is 6.18. The predicted molar refractivity (Wildman–Crippen MR) is 106 cm³/mol. The van der Waals surface area contributed by atoms with Crippen LogP contribution in [-0.4, -0.2) is 15.5 Å². The molecule has 1 saturated carbocycles. The number of nitrogens with zero attached hydrogens (tertiary/aromatic N) is 1. The van der Waals surface area contributed by atoms with E-state index in [9.17, 15) is 14.7 Å². The summed E-state index contributed by atoms with van der Waals surface area (Å²) in [4.78, 5) is 26.8. The van der Waals surface area contributed by atoms with Crippen molar-refractivity contribution < 1.29 is 9.90 Å². The lowest BCUT2D eigenvalue weighted by molar-refractivity contribution is 0.0694. The molecule has 0 aromatic carbocycles. The summed E-state index contributed by atoms with van der Waals surface area (Å²) in [5.41, 5.74) is 4.80. The van der Waals surface area contributed by atoms with E-state index in [1.54, 1.807) is 23.6 Å². The zero-order valence-corrected chi connectivity index (χ0v) is 16.0. The molecule has 5 nitrogen and oxygen atoms in total. The molecule has 0 saturated heterocycles. The van der Waals surface area contributed by atoms with Gasteiger partial charge in [-0.2, -0.15) is 0 Å². The van der Waals surface area contributed by atoms with Crippen molar-refractivity contribution in [1.29, 1.82) is 0 Å². The minimum atomic E-state index is -1.16. The van der Waals surface area contributed by atoms with Gasteiger partial charge < -0.3 is 10.4 Å². The zero-order valence-electron chi connectivity index (χ0n) is 15.2. The molecule has 4 heterocycles. The average Bonchev–Trinajstić information content (AvgIpc) is 3.30. The number of aryl methyl sites for hydroxylation is 1. The Morgan fingerprint density at radius 2 is 2.11 bits per heavy atom. The maximum atomic E-state index is 12.7. The average molecular weight is 380 g/mol. The smallest absolute Gasteiger partial charge is 0.341 e. The lowest BCUT2D eigenvalue weighted by atomic mass is 9.99. The molecule has 3 aromatic heterocycles. The number of carboxylic acid groups (broad SMARTS) is 1. The van der Waals surface area contributed by atoms with Gasteiger partial charge in [-0.1, -0.05) is 0 Å². The number of aromatic nitrogens is 1. The third-order valence-electron chi connectivity index (χ3n) is 5.76. The molecule has 138 valence electrons. The first-order valence-corrected chi connectivity index (χ1v) is 10.1. The van der Waals surface area contributed by atoms with Gasteiger partial charge in [0, 0.05) is 28.5 Å². The molecule has 1 aliphatic carbocycles. The molecule has 1 aliphatic heterocycles. The van der Waals surface area contributed by atoms with Gasteiger partial charge in [-0.3, -0.25) is 9.20 Å². The summed E-state index contributed by atoms with van der Waals surface area (Å²) >= 11 is 1.80. The van der Waals surface area contributed by atoms with E-state index < -0.39 is 11.5 Å². The van der Waals surface area contributed by atoms with Gasteiger partial charge in [0.25, 0.3) is 5.56 Å². The number of aromatic carboxylic acids is 1. The Bertz CT molecular complexity index is 1170. The minimum Gasteiger partial charge on any atom is -0.477 e. The molecule has 0 bridgehead atoms. The SMILES string of the molecule is Cc1c(-c2cc3c(s2)C(C)NC3)ccn2c(=O)c(C(=O)O)cc(C3CC3)c12. The van der Waals surface area contributed by atoms with Crippen LogP contribution in [0.15, 0.2) is 29.2 Å². The number of thiophene rings is 1. The van der Waals surface area contributed by atoms with Crippen LogP contribution in [0.2, 0.25) is 0 Å². The number of hydrogen-bond donors (Lipinski definition) is 2.